The first-order valence-electron chi connectivity index (χ1n) is 8.42. The molecule has 2 aliphatic heterocycles. The second-order valence-electron chi connectivity index (χ2n) is 6.61. The minimum atomic E-state index is -3.27. The Bertz CT molecular complexity index is 709. The van der Waals surface area contributed by atoms with Gasteiger partial charge in [-0.1, -0.05) is 6.07 Å². The minimum Gasteiger partial charge on any atom is -0.372 e. The monoisotopic (exact) mass is 352 g/mol. The van der Waals surface area contributed by atoms with Crippen molar-refractivity contribution in [3.63, 3.8) is 0 Å². The Morgan fingerprint density at radius 3 is 2.54 bits per heavy atom. The van der Waals surface area contributed by atoms with E-state index >= 15 is 0 Å². The molecule has 1 amide bonds. The minimum absolute atomic E-state index is 0.00311. The van der Waals surface area contributed by atoms with Crippen LogP contribution in [-0.4, -0.2) is 56.8 Å². The van der Waals surface area contributed by atoms with Crippen molar-refractivity contribution in [3.05, 3.63) is 29.8 Å². The van der Waals surface area contributed by atoms with Gasteiger partial charge in [-0.15, -0.1) is 0 Å². The molecule has 0 unspecified atom stereocenters. The van der Waals surface area contributed by atoms with Crippen molar-refractivity contribution in [1.82, 2.24) is 4.90 Å². The number of anilines is 1. The van der Waals surface area contributed by atoms with Crippen molar-refractivity contribution in [2.24, 2.45) is 0 Å². The predicted molar refractivity (Wildman–Crippen MR) is 92.7 cm³/mol. The Hall–Kier alpha value is -1.60. The zero-order valence-electron chi connectivity index (χ0n) is 14.1. The number of carbonyl (C=O) groups excluding carboxylic acids is 1. The molecule has 0 bridgehead atoms. The van der Waals surface area contributed by atoms with Crippen molar-refractivity contribution in [2.45, 2.75) is 38.9 Å². The standard InChI is InChI=1S/C17H24N2O4S/c1-13-11-18(12-14(2)23-13)17(20)15-6-5-7-16(10-15)19-8-3-4-9-24(19,21)22/h5-7,10,13-14H,3-4,8-9,11-12H2,1-2H3/t13-,14+. The van der Waals surface area contributed by atoms with E-state index in [4.69, 9.17) is 4.74 Å². The van der Waals surface area contributed by atoms with E-state index in [1.54, 1.807) is 29.2 Å². The summed E-state index contributed by atoms with van der Waals surface area (Å²) in [6.07, 6.45) is 1.54. The van der Waals surface area contributed by atoms with Crippen LogP contribution in [0.15, 0.2) is 24.3 Å². The smallest absolute Gasteiger partial charge is 0.254 e. The van der Waals surface area contributed by atoms with Crippen LogP contribution in [0.25, 0.3) is 0 Å². The van der Waals surface area contributed by atoms with Gasteiger partial charge in [0.25, 0.3) is 5.91 Å². The van der Waals surface area contributed by atoms with Crippen LogP contribution in [-0.2, 0) is 14.8 Å². The number of sulfonamides is 1. The fourth-order valence-corrected chi connectivity index (χ4v) is 5.03. The molecule has 2 aliphatic rings. The quantitative estimate of drug-likeness (QED) is 0.815. The molecule has 0 N–H and O–H groups in total. The van der Waals surface area contributed by atoms with Crippen molar-refractivity contribution >= 4 is 21.6 Å². The fraction of sp³-hybridized carbons (Fsp3) is 0.588. The zero-order valence-corrected chi connectivity index (χ0v) is 15.0. The van der Waals surface area contributed by atoms with E-state index in [9.17, 15) is 13.2 Å². The predicted octanol–water partition coefficient (Wildman–Crippen LogP) is 1.87. The molecule has 7 heteroatoms. The lowest BCUT2D eigenvalue weighted by Gasteiger charge is -2.35. The van der Waals surface area contributed by atoms with Crippen LogP contribution >= 0.6 is 0 Å². The van der Waals surface area contributed by atoms with Crippen LogP contribution in [0.5, 0.6) is 0 Å². The lowest BCUT2D eigenvalue weighted by Crippen LogP contribution is -2.48. The molecule has 132 valence electrons. The molecular formula is C17H24N2O4S. The van der Waals surface area contributed by atoms with E-state index in [0.29, 0.717) is 37.3 Å². The van der Waals surface area contributed by atoms with Crippen LogP contribution in [0.4, 0.5) is 5.69 Å². The van der Waals surface area contributed by atoms with E-state index in [-0.39, 0.29) is 23.9 Å². The maximum Gasteiger partial charge on any atom is 0.254 e. The average molecular weight is 352 g/mol. The third kappa shape index (κ3) is 3.57. The van der Waals surface area contributed by atoms with Gasteiger partial charge >= 0.3 is 0 Å². The van der Waals surface area contributed by atoms with Crippen LogP contribution in [0.1, 0.15) is 37.0 Å². The molecule has 0 aliphatic carbocycles. The first-order chi connectivity index (χ1) is 11.4. The molecule has 2 fully saturated rings. The molecular weight excluding hydrogens is 328 g/mol. The van der Waals surface area contributed by atoms with Crippen molar-refractivity contribution in [3.8, 4) is 0 Å². The number of benzene rings is 1. The first-order valence-corrected chi connectivity index (χ1v) is 10.0. The summed E-state index contributed by atoms with van der Waals surface area (Å²) in [5.74, 6) is 0.0946. The molecule has 24 heavy (non-hydrogen) atoms. The number of hydrogen-bond acceptors (Lipinski definition) is 4. The second kappa shape index (κ2) is 6.72. The molecule has 0 spiro atoms. The molecule has 0 saturated carbocycles. The topological polar surface area (TPSA) is 66.9 Å². The van der Waals surface area contributed by atoms with Crippen LogP contribution < -0.4 is 4.31 Å². The zero-order chi connectivity index (χ0) is 17.3. The number of amides is 1. The van der Waals surface area contributed by atoms with E-state index < -0.39 is 10.0 Å². The van der Waals surface area contributed by atoms with Crippen molar-refractivity contribution < 1.29 is 17.9 Å². The summed E-state index contributed by atoms with van der Waals surface area (Å²) >= 11 is 0. The van der Waals surface area contributed by atoms with Crippen LogP contribution in [0.3, 0.4) is 0 Å². The molecule has 2 saturated heterocycles. The van der Waals surface area contributed by atoms with Gasteiger partial charge in [-0.05, 0) is 44.9 Å². The molecule has 0 aromatic heterocycles. The van der Waals surface area contributed by atoms with Crippen molar-refractivity contribution in [1.29, 1.82) is 0 Å². The first kappa shape index (κ1) is 17.2. The number of rotatable bonds is 2. The third-order valence-electron chi connectivity index (χ3n) is 4.44. The normalized spacial score (nSPS) is 27.1. The summed E-state index contributed by atoms with van der Waals surface area (Å²) in [4.78, 5) is 14.6. The summed E-state index contributed by atoms with van der Waals surface area (Å²) in [6, 6.07) is 6.94. The van der Waals surface area contributed by atoms with Gasteiger partial charge in [0.15, 0.2) is 0 Å². The summed E-state index contributed by atoms with van der Waals surface area (Å²) in [7, 11) is -3.27. The van der Waals surface area contributed by atoms with Gasteiger partial charge < -0.3 is 9.64 Å². The number of morpholine rings is 1. The summed E-state index contributed by atoms with van der Waals surface area (Å²) in [5, 5.41) is 0. The Balaban J connectivity index is 1.83. The SMILES string of the molecule is C[C@@H]1CN(C(=O)c2cccc(N3CCCCS3(=O)=O)c2)C[C@H](C)O1. The number of ether oxygens (including phenoxy) is 1. The van der Waals surface area contributed by atoms with Gasteiger partial charge in [0.05, 0.1) is 23.6 Å². The molecule has 2 atom stereocenters. The second-order valence-corrected chi connectivity index (χ2v) is 8.63. The van der Waals surface area contributed by atoms with E-state index in [1.165, 1.54) is 4.31 Å². The van der Waals surface area contributed by atoms with Gasteiger partial charge in [0, 0.05) is 25.2 Å². The molecule has 2 heterocycles. The van der Waals surface area contributed by atoms with E-state index in [1.807, 2.05) is 13.8 Å². The van der Waals surface area contributed by atoms with Gasteiger partial charge in [-0.25, -0.2) is 8.42 Å². The van der Waals surface area contributed by atoms with E-state index in [2.05, 4.69) is 0 Å². The Kier molecular flexibility index (Phi) is 4.83. The summed E-state index contributed by atoms with van der Waals surface area (Å²) in [5.41, 5.74) is 1.10. The number of hydrogen-bond donors (Lipinski definition) is 0. The molecule has 1 aromatic carbocycles. The average Bonchev–Trinajstić information content (AvgIpc) is 2.53. The summed E-state index contributed by atoms with van der Waals surface area (Å²) in [6.45, 7) is 5.48. The third-order valence-corrected chi connectivity index (χ3v) is 6.31. The molecule has 3 rings (SSSR count). The highest BCUT2D eigenvalue weighted by molar-refractivity contribution is 7.92. The lowest BCUT2D eigenvalue weighted by atomic mass is 10.1. The van der Waals surface area contributed by atoms with E-state index in [0.717, 1.165) is 6.42 Å². The molecule has 0 radical (unpaired) electrons. The maximum atomic E-state index is 12.8. The highest BCUT2D eigenvalue weighted by atomic mass is 32.2. The Labute approximate surface area is 143 Å². The lowest BCUT2D eigenvalue weighted by molar-refractivity contribution is -0.0586. The Morgan fingerprint density at radius 2 is 1.88 bits per heavy atom. The number of nitrogens with zero attached hydrogens (tertiary/aromatic N) is 2. The van der Waals surface area contributed by atoms with Crippen LogP contribution in [0.2, 0.25) is 0 Å². The largest absolute Gasteiger partial charge is 0.372 e. The van der Waals surface area contributed by atoms with Gasteiger partial charge in [-0.3, -0.25) is 9.10 Å². The van der Waals surface area contributed by atoms with Crippen molar-refractivity contribution in [2.75, 3.05) is 29.7 Å². The summed E-state index contributed by atoms with van der Waals surface area (Å²) < 4.78 is 31.6. The van der Waals surface area contributed by atoms with Gasteiger partial charge in [0.2, 0.25) is 10.0 Å². The van der Waals surface area contributed by atoms with Gasteiger partial charge in [-0.2, -0.15) is 0 Å². The molecule has 6 nitrogen and oxygen atoms in total. The maximum absolute atomic E-state index is 12.8. The highest BCUT2D eigenvalue weighted by Gasteiger charge is 2.29. The molecule has 1 aromatic rings. The van der Waals surface area contributed by atoms with Crippen LogP contribution in [0, 0.1) is 0 Å². The highest BCUT2D eigenvalue weighted by Crippen LogP contribution is 2.25. The Morgan fingerprint density at radius 1 is 1.17 bits per heavy atom. The van der Waals surface area contributed by atoms with Gasteiger partial charge in [0.1, 0.15) is 0 Å². The number of carbonyl (C=O) groups is 1. The fourth-order valence-electron chi connectivity index (χ4n) is 3.40.